The number of hydrogen-bond acceptors (Lipinski definition) is 6. The van der Waals surface area contributed by atoms with E-state index in [0.29, 0.717) is 17.7 Å². The van der Waals surface area contributed by atoms with Crippen molar-refractivity contribution in [2.75, 3.05) is 36.1 Å². The van der Waals surface area contributed by atoms with Gasteiger partial charge in [0.25, 0.3) is 11.7 Å². The van der Waals surface area contributed by atoms with Gasteiger partial charge in [-0.2, -0.15) is 11.8 Å². The number of ether oxygens (including phenoxy) is 1. The van der Waals surface area contributed by atoms with Gasteiger partial charge in [0.15, 0.2) is 4.83 Å². The zero-order valence-corrected chi connectivity index (χ0v) is 19.7. The minimum Gasteiger partial charge on any atom is -0.373 e. The van der Waals surface area contributed by atoms with Crippen molar-refractivity contribution in [3.05, 3.63) is 16.0 Å². The molecule has 4 aliphatic heterocycles. The molecule has 2 fully saturated rings. The van der Waals surface area contributed by atoms with E-state index < -0.39 is 5.66 Å². The van der Waals surface area contributed by atoms with Crippen molar-refractivity contribution in [1.29, 1.82) is 0 Å². The molecule has 6 rings (SSSR count). The van der Waals surface area contributed by atoms with Crippen LogP contribution >= 0.6 is 23.1 Å². The lowest BCUT2D eigenvalue weighted by molar-refractivity contribution is -0.328. The molecule has 2 aromatic heterocycles. The first-order valence-electron chi connectivity index (χ1n) is 10.9. The van der Waals surface area contributed by atoms with E-state index in [4.69, 9.17) is 4.74 Å². The van der Waals surface area contributed by atoms with Crippen LogP contribution in [0, 0.1) is 0 Å². The second-order valence-electron chi connectivity index (χ2n) is 9.70. The lowest BCUT2D eigenvalue weighted by Gasteiger charge is -2.40. The van der Waals surface area contributed by atoms with E-state index in [1.807, 2.05) is 23.6 Å². The van der Waals surface area contributed by atoms with E-state index in [1.54, 1.807) is 0 Å². The van der Waals surface area contributed by atoms with E-state index in [1.165, 1.54) is 22.5 Å². The Bertz CT molecular complexity index is 1140. The first-order chi connectivity index (χ1) is 14.8. The average molecular weight is 460 g/mol. The fraction of sp³-hybridized carbons (Fsp3) is 0.591. The largest absolute Gasteiger partial charge is 0.373 e. The van der Waals surface area contributed by atoms with Gasteiger partial charge in [0, 0.05) is 16.9 Å². The second kappa shape index (κ2) is 6.59. The molecule has 0 aromatic carbocycles. The fourth-order valence-corrected chi connectivity index (χ4v) is 7.63. The van der Waals surface area contributed by atoms with Crippen LogP contribution in [0.1, 0.15) is 54.4 Å². The third kappa shape index (κ3) is 2.85. The van der Waals surface area contributed by atoms with E-state index in [0.717, 1.165) is 60.2 Å². The Morgan fingerprint density at radius 2 is 1.90 bits per heavy atom. The third-order valence-corrected chi connectivity index (χ3v) is 9.44. The van der Waals surface area contributed by atoms with Crippen LogP contribution < -0.4 is 20.1 Å². The number of amides is 2. The van der Waals surface area contributed by atoms with Crippen molar-refractivity contribution < 1.29 is 19.3 Å². The number of carbonyl (C=O) groups is 2. The van der Waals surface area contributed by atoms with Gasteiger partial charge in [0.1, 0.15) is 23.6 Å². The molecule has 0 saturated carbocycles. The molecular weight excluding hydrogens is 432 g/mol. The number of hydrogen-bond donors (Lipinski definition) is 1. The molecule has 9 heteroatoms. The summed E-state index contributed by atoms with van der Waals surface area (Å²) >= 11 is 3.46. The Kier molecular flexibility index (Phi) is 4.21. The molecule has 1 atom stereocenters. The smallest absolute Gasteiger partial charge is 0.280 e. The molecule has 164 valence electrons. The Labute approximate surface area is 189 Å². The van der Waals surface area contributed by atoms with Crippen LogP contribution in [0.25, 0.3) is 10.2 Å². The molecule has 2 aromatic rings. The van der Waals surface area contributed by atoms with Gasteiger partial charge in [-0.3, -0.25) is 19.4 Å². The lowest BCUT2D eigenvalue weighted by Crippen LogP contribution is -2.59. The summed E-state index contributed by atoms with van der Waals surface area (Å²) in [6, 6.07) is 0. The van der Waals surface area contributed by atoms with Crippen LogP contribution in [0.15, 0.2) is 0 Å². The van der Waals surface area contributed by atoms with E-state index >= 15 is 0 Å². The van der Waals surface area contributed by atoms with Crippen LogP contribution in [0.3, 0.4) is 0 Å². The molecule has 0 unspecified atom stereocenters. The first kappa shape index (κ1) is 19.8. The zero-order chi connectivity index (χ0) is 21.5. The topological polar surface area (TPSA) is 76.0 Å². The molecule has 2 saturated heterocycles. The number of morpholine rings is 1. The number of aromatic nitrogens is 1. The number of pyridine rings is 1. The molecule has 0 radical (unpaired) electrons. The number of anilines is 2. The maximum atomic E-state index is 13.1. The summed E-state index contributed by atoms with van der Waals surface area (Å²) in [4.78, 5) is 35.7. The van der Waals surface area contributed by atoms with E-state index in [2.05, 4.69) is 29.0 Å². The van der Waals surface area contributed by atoms with Crippen LogP contribution in [0.4, 0.5) is 11.5 Å². The summed E-state index contributed by atoms with van der Waals surface area (Å²) in [5.74, 6) is 2.11. The molecule has 4 aliphatic rings. The van der Waals surface area contributed by atoms with Crippen molar-refractivity contribution in [1.82, 2.24) is 5.32 Å². The minimum absolute atomic E-state index is 0.0656. The number of thiophene rings is 1. The van der Waals surface area contributed by atoms with Crippen LogP contribution in [-0.2, 0) is 21.7 Å². The molecule has 0 aliphatic carbocycles. The minimum atomic E-state index is -0.635. The number of H-pyrrole nitrogens is 1. The van der Waals surface area contributed by atoms with Gasteiger partial charge < -0.3 is 10.1 Å². The van der Waals surface area contributed by atoms with Crippen molar-refractivity contribution in [3.63, 3.8) is 0 Å². The highest BCUT2D eigenvalue weighted by Gasteiger charge is 2.51. The van der Waals surface area contributed by atoms with Crippen LogP contribution in [0.2, 0.25) is 0 Å². The van der Waals surface area contributed by atoms with Crippen LogP contribution in [-0.4, -0.2) is 48.5 Å². The normalized spacial score (nSPS) is 27.2. The van der Waals surface area contributed by atoms with Crippen molar-refractivity contribution in [3.8, 4) is 0 Å². The molecule has 0 spiro atoms. The van der Waals surface area contributed by atoms with Gasteiger partial charge in [-0.1, -0.05) is 25.2 Å². The fourth-order valence-electron chi connectivity index (χ4n) is 5.43. The standard InChI is InChI=1S/C22H26N4O3S2/c1-21(2)10-12-13(11-30-21)18(25-6-8-29-9-7-25)23-20-15(12)16-17(31-20)19(28)24-22(3)5-4-14(27)26(16)22/h4-11H2,1-3H3,(H,24,28)/p+1/t22-/m0/s1. The monoisotopic (exact) mass is 459 g/mol. The first-order valence-corrected chi connectivity index (χ1v) is 12.7. The van der Waals surface area contributed by atoms with Gasteiger partial charge in [-0.05, 0) is 25.3 Å². The summed E-state index contributed by atoms with van der Waals surface area (Å²) in [6.07, 6.45) is 2.03. The quantitative estimate of drug-likeness (QED) is 0.710. The number of carbonyl (C=O) groups excluding carboxylic acids is 2. The molecule has 2 amide bonds. The maximum Gasteiger partial charge on any atom is 0.280 e. The molecular formula is C22H27N4O3S2+. The highest BCUT2D eigenvalue weighted by molar-refractivity contribution is 7.99. The Balaban J connectivity index is 1.64. The Hall–Kier alpha value is -1.84. The van der Waals surface area contributed by atoms with Crippen molar-refractivity contribution >= 4 is 56.6 Å². The van der Waals surface area contributed by atoms with Gasteiger partial charge >= 0.3 is 0 Å². The highest BCUT2D eigenvalue weighted by atomic mass is 32.2. The van der Waals surface area contributed by atoms with Gasteiger partial charge in [-0.15, -0.1) is 0 Å². The average Bonchev–Trinajstić information content (AvgIpc) is 3.25. The molecule has 31 heavy (non-hydrogen) atoms. The number of nitrogens with zero attached hydrogens (tertiary/aromatic N) is 2. The summed E-state index contributed by atoms with van der Waals surface area (Å²) in [5, 5.41) is 4.19. The summed E-state index contributed by atoms with van der Waals surface area (Å²) in [7, 11) is 0. The lowest BCUT2D eigenvalue weighted by atomic mass is 9.93. The van der Waals surface area contributed by atoms with Crippen LogP contribution in [0.5, 0.6) is 0 Å². The zero-order valence-electron chi connectivity index (χ0n) is 18.1. The van der Waals surface area contributed by atoms with Gasteiger partial charge in [0.05, 0.1) is 29.9 Å². The molecule has 7 nitrogen and oxygen atoms in total. The highest BCUT2D eigenvalue weighted by Crippen LogP contribution is 2.51. The Morgan fingerprint density at radius 3 is 2.68 bits per heavy atom. The third-order valence-electron chi connectivity index (χ3n) is 6.99. The SMILES string of the molecule is CC1(C)Cc2c(c(N3CCOCC3)[nH+]c3sc4c(c23)N2C(=O)CC[C@@]2(C)NC4=O)CS1. The number of thioether (sulfide) groups is 1. The van der Waals surface area contributed by atoms with Gasteiger partial charge in [0.2, 0.25) is 5.91 Å². The van der Waals surface area contributed by atoms with Crippen molar-refractivity contribution in [2.24, 2.45) is 0 Å². The number of rotatable bonds is 1. The Morgan fingerprint density at radius 1 is 1.13 bits per heavy atom. The predicted octanol–water partition coefficient (Wildman–Crippen LogP) is 2.71. The summed E-state index contributed by atoms with van der Waals surface area (Å²) in [6.45, 7) is 9.71. The molecule has 0 bridgehead atoms. The van der Waals surface area contributed by atoms with Crippen molar-refractivity contribution in [2.45, 2.75) is 56.2 Å². The number of aromatic amines is 1. The summed E-state index contributed by atoms with van der Waals surface area (Å²) in [5.41, 5.74) is 2.81. The van der Waals surface area contributed by atoms with E-state index in [9.17, 15) is 9.59 Å². The van der Waals surface area contributed by atoms with Gasteiger partial charge in [-0.25, -0.2) is 4.98 Å². The number of fused-ring (bicyclic) bond motifs is 7. The van der Waals surface area contributed by atoms with E-state index in [-0.39, 0.29) is 16.6 Å². The maximum absolute atomic E-state index is 13.1. The molecule has 6 heterocycles. The number of nitrogens with one attached hydrogen (secondary N) is 2. The summed E-state index contributed by atoms with van der Waals surface area (Å²) < 4.78 is 5.69. The second-order valence-corrected chi connectivity index (χ2v) is 12.4. The molecule has 2 N–H and O–H groups in total. The predicted molar refractivity (Wildman–Crippen MR) is 123 cm³/mol.